The second-order valence-corrected chi connectivity index (χ2v) is 8.29. The normalized spacial score (nSPS) is 14.3. The first-order valence-corrected chi connectivity index (χ1v) is 8.32. The fraction of sp³-hybridized carbons (Fsp3) is 0.632. The van der Waals surface area contributed by atoms with Gasteiger partial charge in [0, 0.05) is 0 Å². The van der Waals surface area contributed by atoms with Crippen LogP contribution in [0.1, 0.15) is 71.2 Å². The molecule has 0 spiro atoms. The van der Waals surface area contributed by atoms with Crippen molar-refractivity contribution in [1.82, 2.24) is 0 Å². The SMILES string of the molecule is CCOC(=O)C(F)(F)[C@@H](N)c1cc(C(C)(C)C)c(O)c(C(C)(C)C)c1. The predicted octanol–water partition coefficient (Wildman–Crippen LogP) is 4.19. The van der Waals surface area contributed by atoms with E-state index in [4.69, 9.17) is 5.73 Å². The zero-order valence-corrected chi connectivity index (χ0v) is 16.0. The lowest BCUT2D eigenvalue weighted by Crippen LogP contribution is -2.42. The molecule has 0 aliphatic rings. The molecule has 0 amide bonds. The summed E-state index contributed by atoms with van der Waals surface area (Å²) in [5.74, 6) is -5.45. The zero-order chi connectivity index (χ0) is 19.8. The Bertz CT molecular complexity index is 608. The minimum atomic E-state index is -3.86. The molecule has 0 bridgehead atoms. The van der Waals surface area contributed by atoms with Gasteiger partial charge in [-0.2, -0.15) is 8.78 Å². The molecule has 0 saturated heterocycles. The van der Waals surface area contributed by atoms with Crippen LogP contribution in [0.5, 0.6) is 5.75 Å². The average molecular weight is 357 g/mol. The number of carbonyl (C=O) groups excluding carboxylic acids is 1. The van der Waals surface area contributed by atoms with E-state index in [0.29, 0.717) is 11.1 Å². The Morgan fingerprint density at radius 2 is 1.52 bits per heavy atom. The van der Waals surface area contributed by atoms with E-state index in [0.717, 1.165) is 0 Å². The maximum absolute atomic E-state index is 14.4. The molecule has 6 heteroatoms. The molecule has 0 aromatic heterocycles. The number of ether oxygens (including phenoxy) is 1. The molecular formula is C19H29F2NO3. The molecule has 142 valence electrons. The van der Waals surface area contributed by atoms with E-state index < -0.39 is 28.8 Å². The van der Waals surface area contributed by atoms with Crippen molar-refractivity contribution in [3.63, 3.8) is 0 Å². The molecule has 1 aromatic carbocycles. The lowest BCUT2D eigenvalue weighted by Gasteiger charge is -2.30. The number of phenolic OH excluding ortho intramolecular Hbond substituents is 1. The van der Waals surface area contributed by atoms with Gasteiger partial charge in [-0.15, -0.1) is 0 Å². The van der Waals surface area contributed by atoms with Gasteiger partial charge >= 0.3 is 11.9 Å². The Morgan fingerprint density at radius 3 is 1.84 bits per heavy atom. The Morgan fingerprint density at radius 1 is 1.12 bits per heavy atom. The molecule has 0 heterocycles. The fourth-order valence-electron chi connectivity index (χ4n) is 2.54. The highest BCUT2D eigenvalue weighted by molar-refractivity contribution is 5.79. The van der Waals surface area contributed by atoms with E-state index in [1.165, 1.54) is 19.1 Å². The smallest absolute Gasteiger partial charge is 0.379 e. The first kappa shape index (κ1) is 21.4. The van der Waals surface area contributed by atoms with Crippen molar-refractivity contribution in [1.29, 1.82) is 0 Å². The number of carbonyl (C=O) groups is 1. The van der Waals surface area contributed by atoms with Crippen molar-refractivity contribution >= 4 is 5.97 Å². The summed E-state index contributed by atoms with van der Waals surface area (Å²) in [6, 6.07) is 1.03. The van der Waals surface area contributed by atoms with Crippen LogP contribution in [-0.2, 0) is 20.4 Å². The average Bonchev–Trinajstić information content (AvgIpc) is 2.44. The standard InChI is InChI=1S/C19H29F2NO3/c1-8-25-16(24)19(20,21)15(22)11-9-12(17(2,3)4)14(23)13(10-11)18(5,6)7/h9-10,15,23H,8,22H2,1-7H3/t15-/m0/s1. The summed E-state index contributed by atoms with van der Waals surface area (Å²) in [4.78, 5) is 11.6. The van der Waals surface area contributed by atoms with E-state index >= 15 is 0 Å². The van der Waals surface area contributed by atoms with Gasteiger partial charge in [0.25, 0.3) is 0 Å². The van der Waals surface area contributed by atoms with Crippen LogP contribution in [0, 0.1) is 0 Å². The van der Waals surface area contributed by atoms with Crippen LogP contribution in [0.15, 0.2) is 12.1 Å². The Kier molecular flexibility index (Phi) is 5.90. The number of rotatable bonds is 4. The van der Waals surface area contributed by atoms with Crippen LogP contribution in [0.2, 0.25) is 0 Å². The van der Waals surface area contributed by atoms with Crippen LogP contribution >= 0.6 is 0 Å². The summed E-state index contributed by atoms with van der Waals surface area (Å²) < 4.78 is 33.2. The van der Waals surface area contributed by atoms with E-state index in [9.17, 15) is 18.7 Å². The van der Waals surface area contributed by atoms with Crippen LogP contribution in [0.3, 0.4) is 0 Å². The van der Waals surface area contributed by atoms with Crippen molar-refractivity contribution in [2.75, 3.05) is 6.61 Å². The largest absolute Gasteiger partial charge is 0.507 e. The maximum Gasteiger partial charge on any atom is 0.379 e. The summed E-state index contributed by atoms with van der Waals surface area (Å²) in [5, 5.41) is 10.6. The Hall–Kier alpha value is -1.69. The number of hydrogen-bond acceptors (Lipinski definition) is 4. The highest BCUT2D eigenvalue weighted by Crippen LogP contribution is 2.42. The number of aromatic hydroxyl groups is 1. The number of esters is 1. The summed E-state index contributed by atoms with van der Waals surface area (Å²) in [6.45, 7) is 12.5. The predicted molar refractivity (Wildman–Crippen MR) is 94.0 cm³/mol. The van der Waals surface area contributed by atoms with E-state index in [1.807, 2.05) is 41.5 Å². The van der Waals surface area contributed by atoms with Crippen molar-refractivity contribution in [3.8, 4) is 5.75 Å². The summed E-state index contributed by atoms with van der Waals surface area (Å²) in [7, 11) is 0. The highest BCUT2D eigenvalue weighted by atomic mass is 19.3. The Labute approximate surface area is 148 Å². The summed E-state index contributed by atoms with van der Waals surface area (Å²) in [6.07, 6.45) is 0. The Balaban J connectivity index is 3.58. The van der Waals surface area contributed by atoms with Crippen molar-refractivity contribution < 1.29 is 23.4 Å². The maximum atomic E-state index is 14.4. The zero-order valence-electron chi connectivity index (χ0n) is 16.0. The number of halogens is 2. The monoisotopic (exact) mass is 357 g/mol. The number of benzene rings is 1. The third-order valence-corrected chi connectivity index (χ3v) is 4.05. The molecule has 0 aliphatic carbocycles. The van der Waals surface area contributed by atoms with Gasteiger partial charge in [0.1, 0.15) is 11.8 Å². The number of hydrogen-bond donors (Lipinski definition) is 2. The molecule has 0 radical (unpaired) electrons. The number of alkyl halides is 2. The van der Waals surface area contributed by atoms with Crippen LogP contribution in [0.25, 0.3) is 0 Å². The third-order valence-electron chi connectivity index (χ3n) is 4.05. The van der Waals surface area contributed by atoms with Gasteiger partial charge in [-0.25, -0.2) is 4.79 Å². The van der Waals surface area contributed by atoms with Gasteiger partial charge < -0.3 is 15.6 Å². The first-order valence-electron chi connectivity index (χ1n) is 8.32. The van der Waals surface area contributed by atoms with E-state index in [2.05, 4.69) is 4.74 Å². The minimum Gasteiger partial charge on any atom is -0.507 e. The van der Waals surface area contributed by atoms with Gasteiger partial charge in [0.2, 0.25) is 0 Å². The van der Waals surface area contributed by atoms with Crippen molar-refractivity contribution in [2.24, 2.45) is 5.73 Å². The topological polar surface area (TPSA) is 72.5 Å². The molecule has 3 N–H and O–H groups in total. The molecule has 0 saturated carbocycles. The van der Waals surface area contributed by atoms with Gasteiger partial charge in [0.05, 0.1) is 6.61 Å². The molecule has 0 fully saturated rings. The van der Waals surface area contributed by atoms with Gasteiger partial charge in [-0.05, 0) is 46.6 Å². The second kappa shape index (κ2) is 6.90. The van der Waals surface area contributed by atoms with Gasteiger partial charge in [0.15, 0.2) is 0 Å². The van der Waals surface area contributed by atoms with Crippen LogP contribution in [-0.4, -0.2) is 23.6 Å². The molecular weight excluding hydrogens is 328 g/mol. The second-order valence-electron chi connectivity index (χ2n) is 8.29. The molecule has 1 atom stereocenters. The molecule has 4 nitrogen and oxygen atoms in total. The lowest BCUT2D eigenvalue weighted by molar-refractivity contribution is -0.174. The van der Waals surface area contributed by atoms with Crippen molar-refractivity contribution in [2.45, 2.75) is 71.3 Å². The van der Waals surface area contributed by atoms with E-state index in [1.54, 1.807) is 0 Å². The van der Waals surface area contributed by atoms with Crippen LogP contribution in [0.4, 0.5) is 8.78 Å². The molecule has 0 unspecified atom stereocenters. The molecule has 0 aliphatic heterocycles. The highest BCUT2D eigenvalue weighted by Gasteiger charge is 2.48. The molecule has 1 aromatic rings. The first-order chi connectivity index (χ1) is 11.1. The molecule has 25 heavy (non-hydrogen) atoms. The summed E-state index contributed by atoms with van der Waals surface area (Å²) in [5.41, 5.74) is 5.87. The van der Waals surface area contributed by atoms with Crippen LogP contribution < -0.4 is 5.73 Å². The number of nitrogens with two attached hydrogens (primary N) is 1. The van der Waals surface area contributed by atoms with Crippen molar-refractivity contribution in [3.05, 3.63) is 28.8 Å². The van der Waals surface area contributed by atoms with Gasteiger partial charge in [-0.3, -0.25) is 0 Å². The lowest BCUT2D eigenvalue weighted by atomic mass is 9.77. The summed E-state index contributed by atoms with van der Waals surface area (Å²) >= 11 is 0. The number of phenols is 1. The fourth-order valence-corrected chi connectivity index (χ4v) is 2.54. The minimum absolute atomic E-state index is 0.0652. The third kappa shape index (κ3) is 4.48. The quantitative estimate of drug-likeness (QED) is 0.793. The van der Waals surface area contributed by atoms with E-state index in [-0.39, 0.29) is 17.9 Å². The molecule has 1 rings (SSSR count). The van der Waals surface area contributed by atoms with Gasteiger partial charge in [-0.1, -0.05) is 41.5 Å².